The smallest absolute Gasteiger partial charge is 0.290 e. The van der Waals surface area contributed by atoms with Crippen LogP contribution in [-0.4, -0.2) is 21.8 Å². The van der Waals surface area contributed by atoms with Gasteiger partial charge < -0.3 is 14.3 Å². The Labute approximate surface area is 145 Å². The van der Waals surface area contributed by atoms with E-state index in [0.29, 0.717) is 18.3 Å². The number of nitrogens with zero attached hydrogens (tertiary/aromatic N) is 1. The van der Waals surface area contributed by atoms with Crippen LogP contribution < -0.4 is 0 Å². The van der Waals surface area contributed by atoms with Crippen molar-refractivity contribution in [2.45, 2.75) is 25.4 Å². The summed E-state index contributed by atoms with van der Waals surface area (Å²) in [5.41, 5.74) is 3.02. The number of H-pyrrole nitrogens is 1. The van der Waals surface area contributed by atoms with Crippen molar-refractivity contribution in [2.75, 3.05) is 0 Å². The maximum Gasteiger partial charge on any atom is 0.290 e. The van der Waals surface area contributed by atoms with Gasteiger partial charge in [-0.3, -0.25) is 4.79 Å². The number of amides is 1. The Morgan fingerprint density at radius 3 is 2.80 bits per heavy atom. The third-order valence-corrected chi connectivity index (χ3v) is 4.86. The molecule has 1 N–H and O–H groups in total. The summed E-state index contributed by atoms with van der Waals surface area (Å²) in [5, 5.41) is 2.14. The lowest BCUT2D eigenvalue weighted by atomic mass is 10.1. The van der Waals surface area contributed by atoms with Gasteiger partial charge in [0.05, 0.1) is 0 Å². The molecule has 25 heavy (non-hydrogen) atoms. The van der Waals surface area contributed by atoms with Crippen molar-refractivity contribution in [2.24, 2.45) is 0 Å². The summed E-state index contributed by atoms with van der Waals surface area (Å²) < 4.78 is 5.79. The molecule has 5 rings (SSSR count). The maximum absolute atomic E-state index is 13.0. The molecule has 2 aromatic heterocycles. The van der Waals surface area contributed by atoms with E-state index in [1.165, 1.54) is 5.39 Å². The molecular formula is C21H18N2O2. The van der Waals surface area contributed by atoms with Crippen LogP contribution in [0.3, 0.4) is 0 Å². The summed E-state index contributed by atoms with van der Waals surface area (Å²) in [4.78, 5) is 18.2. The van der Waals surface area contributed by atoms with Crippen molar-refractivity contribution in [1.29, 1.82) is 0 Å². The number of aromatic nitrogens is 1. The second-order valence-electron chi connectivity index (χ2n) is 6.71. The Morgan fingerprint density at radius 2 is 1.96 bits per heavy atom. The Kier molecular flexibility index (Phi) is 3.17. The van der Waals surface area contributed by atoms with Crippen LogP contribution in [0.4, 0.5) is 0 Å². The lowest BCUT2D eigenvalue weighted by molar-refractivity contribution is 0.0700. The number of fused-ring (bicyclic) bond motifs is 2. The summed E-state index contributed by atoms with van der Waals surface area (Å²) in [6.07, 6.45) is 4.07. The largest absolute Gasteiger partial charge is 0.451 e. The Bertz CT molecular complexity index is 1040. The van der Waals surface area contributed by atoms with Gasteiger partial charge >= 0.3 is 0 Å². The van der Waals surface area contributed by atoms with Crippen molar-refractivity contribution in [3.8, 4) is 0 Å². The fourth-order valence-corrected chi connectivity index (χ4v) is 3.38. The molecule has 1 aliphatic rings. The molecule has 1 fully saturated rings. The van der Waals surface area contributed by atoms with Gasteiger partial charge in [0.15, 0.2) is 5.76 Å². The van der Waals surface area contributed by atoms with Gasteiger partial charge in [-0.25, -0.2) is 0 Å². The molecule has 0 saturated heterocycles. The van der Waals surface area contributed by atoms with E-state index in [4.69, 9.17) is 4.42 Å². The molecule has 0 spiro atoms. The molecule has 0 atom stereocenters. The molecule has 0 bridgehead atoms. The number of para-hydroxylation sites is 1. The summed E-state index contributed by atoms with van der Waals surface area (Å²) in [5.74, 6) is 0.406. The average Bonchev–Trinajstić information content (AvgIpc) is 3.20. The van der Waals surface area contributed by atoms with Gasteiger partial charge in [-0.1, -0.05) is 24.3 Å². The van der Waals surface area contributed by atoms with Crippen LogP contribution in [0.15, 0.2) is 65.2 Å². The summed E-state index contributed by atoms with van der Waals surface area (Å²) in [6, 6.07) is 18.3. The van der Waals surface area contributed by atoms with E-state index in [9.17, 15) is 4.79 Å². The molecule has 1 amide bonds. The number of carbonyl (C=O) groups is 1. The van der Waals surface area contributed by atoms with Crippen molar-refractivity contribution in [3.63, 3.8) is 0 Å². The first-order valence-electron chi connectivity index (χ1n) is 8.63. The fourth-order valence-electron chi connectivity index (χ4n) is 3.38. The number of rotatable bonds is 4. The molecule has 0 unspecified atom stereocenters. The highest BCUT2D eigenvalue weighted by atomic mass is 16.3. The summed E-state index contributed by atoms with van der Waals surface area (Å²) in [7, 11) is 0. The van der Waals surface area contributed by atoms with Gasteiger partial charge in [0.1, 0.15) is 5.58 Å². The molecule has 124 valence electrons. The topological polar surface area (TPSA) is 49.2 Å². The van der Waals surface area contributed by atoms with Crippen molar-refractivity contribution in [3.05, 3.63) is 72.1 Å². The summed E-state index contributed by atoms with van der Waals surface area (Å²) >= 11 is 0. The van der Waals surface area contributed by atoms with Crippen molar-refractivity contribution < 1.29 is 9.21 Å². The highest BCUT2D eigenvalue weighted by Gasteiger charge is 2.34. The molecule has 4 heteroatoms. The number of furan rings is 1. The van der Waals surface area contributed by atoms with Crippen LogP contribution in [0.1, 0.15) is 29.0 Å². The Morgan fingerprint density at radius 1 is 1.08 bits per heavy atom. The minimum absolute atomic E-state index is 0.0205. The molecule has 1 aliphatic carbocycles. The zero-order valence-corrected chi connectivity index (χ0v) is 13.7. The number of benzene rings is 2. The number of carbonyl (C=O) groups excluding carboxylic acids is 1. The van der Waals surface area contributed by atoms with E-state index < -0.39 is 0 Å². The minimum Gasteiger partial charge on any atom is -0.451 e. The van der Waals surface area contributed by atoms with Crippen LogP contribution in [0.2, 0.25) is 0 Å². The van der Waals surface area contributed by atoms with Gasteiger partial charge in [-0.15, -0.1) is 0 Å². The normalized spacial score (nSPS) is 14.2. The fraction of sp³-hybridized carbons (Fsp3) is 0.190. The molecule has 4 nitrogen and oxygen atoms in total. The van der Waals surface area contributed by atoms with Crippen LogP contribution in [0.25, 0.3) is 21.9 Å². The predicted octanol–water partition coefficient (Wildman–Crippen LogP) is 4.72. The van der Waals surface area contributed by atoms with Crippen LogP contribution in [-0.2, 0) is 6.54 Å². The first kappa shape index (κ1) is 14.3. The van der Waals surface area contributed by atoms with Gasteiger partial charge in [0, 0.05) is 29.7 Å². The number of aromatic amines is 1. The predicted molar refractivity (Wildman–Crippen MR) is 97.4 cm³/mol. The van der Waals surface area contributed by atoms with Crippen molar-refractivity contribution in [1.82, 2.24) is 9.88 Å². The zero-order valence-electron chi connectivity index (χ0n) is 13.7. The van der Waals surface area contributed by atoms with E-state index in [1.807, 2.05) is 41.4 Å². The van der Waals surface area contributed by atoms with Crippen molar-refractivity contribution >= 4 is 27.8 Å². The van der Waals surface area contributed by atoms with E-state index in [-0.39, 0.29) is 5.91 Å². The number of nitrogens with one attached hydrogen (secondary N) is 1. The second kappa shape index (κ2) is 5.52. The standard InChI is InChI=1S/C21H18N2O2/c24-21(20-12-16-3-1-2-4-19(16)25-20)23(17-6-7-17)13-14-5-8-18-15(11-14)9-10-22-18/h1-5,8-12,17,22H,6-7,13H2. The first-order valence-corrected chi connectivity index (χ1v) is 8.63. The van der Waals surface area contributed by atoms with Gasteiger partial charge in [-0.05, 0) is 54.1 Å². The molecule has 0 radical (unpaired) electrons. The Hall–Kier alpha value is -3.01. The quantitative estimate of drug-likeness (QED) is 0.588. The van der Waals surface area contributed by atoms with E-state index in [0.717, 1.165) is 34.9 Å². The highest BCUT2D eigenvalue weighted by molar-refractivity contribution is 5.96. The number of hydrogen-bond donors (Lipinski definition) is 1. The lowest BCUT2D eigenvalue weighted by Gasteiger charge is -2.21. The first-order chi connectivity index (χ1) is 12.3. The average molecular weight is 330 g/mol. The number of hydrogen-bond acceptors (Lipinski definition) is 2. The summed E-state index contributed by atoms with van der Waals surface area (Å²) in [6.45, 7) is 0.613. The second-order valence-corrected chi connectivity index (χ2v) is 6.71. The molecule has 1 saturated carbocycles. The molecule has 2 aromatic carbocycles. The Balaban J connectivity index is 1.46. The van der Waals surface area contributed by atoms with Gasteiger partial charge in [0.25, 0.3) is 5.91 Å². The highest BCUT2D eigenvalue weighted by Crippen LogP contribution is 2.31. The molecule has 4 aromatic rings. The van der Waals surface area contributed by atoms with E-state index in [1.54, 1.807) is 0 Å². The molecule has 0 aliphatic heterocycles. The van der Waals surface area contributed by atoms with E-state index in [2.05, 4.69) is 29.2 Å². The molecule has 2 heterocycles. The zero-order chi connectivity index (χ0) is 16.8. The maximum atomic E-state index is 13.0. The third-order valence-electron chi connectivity index (χ3n) is 4.86. The monoisotopic (exact) mass is 330 g/mol. The van der Waals surface area contributed by atoms with Gasteiger partial charge in [-0.2, -0.15) is 0 Å². The van der Waals surface area contributed by atoms with E-state index >= 15 is 0 Å². The third kappa shape index (κ3) is 2.60. The van der Waals surface area contributed by atoms with Crippen LogP contribution in [0, 0.1) is 0 Å². The minimum atomic E-state index is -0.0205. The molecular weight excluding hydrogens is 312 g/mol. The lowest BCUT2D eigenvalue weighted by Crippen LogP contribution is -2.32. The van der Waals surface area contributed by atoms with Crippen LogP contribution >= 0.6 is 0 Å². The van der Waals surface area contributed by atoms with Crippen LogP contribution in [0.5, 0.6) is 0 Å². The SMILES string of the molecule is O=C(c1cc2ccccc2o1)N(Cc1ccc2[nH]ccc2c1)C1CC1. The van der Waals surface area contributed by atoms with Gasteiger partial charge in [0.2, 0.25) is 0 Å².